The van der Waals surface area contributed by atoms with E-state index in [1.807, 2.05) is 18.2 Å². The van der Waals surface area contributed by atoms with Crippen LogP contribution in [0.15, 0.2) is 41.0 Å². The van der Waals surface area contributed by atoms with Crippen LogP contribution in [0, 0.1) is 35.4 Å². The van der Waals surface area contributed by atoms with E-state index < -0.39 is 0 Å². The average Bonchev–Trinajstić information content (AvgIpc) is 3.08. The van der Waals surface area contributed by atoms with Crippen molar-refractivity contribution >= 4 is 5.78 Å². The first-order valence-electron chi connectivity index (χ1n) is 11.7. The number of benzene rings is 1. The summed E-state index contributed by atoms with van der Waals surface area (Å²) in [5.74, 6) is 3.47. The highest BCUT2D eigenvalue weighted by Gasteiger charge is 2.56. The standard InChI is InChI=1S/C25H29FO3.C3H4/c1-25-13-19(15-4-9-21(26)22(12-15)29-2)24-17-7-5-16(27)11-14(17)3-6-18(24)20(25)8-10-23(25)28;1-3-2/h4,9,11-12,18-20,23,28H,3,5-8,10,13H2,1-2H3;1H,2H3. The minimum atomic E-state index is -0.348. The van der Waals surface area contributed by atoms with Crippen molar-refractivity contribution in [3.63, 3.8) is 0 Å². The van der Waals surface area contributed by atoms with E-state index in [0.29, 0.717) is 18.3 Å². The van der Waals surface area contributed by atoms with Crippen LogP contribution in [0.4, 0.5) is 4.39 Å². The third-order valence-corrected chi connectivity index (χ3v) is 8.26. The fourth-order valence-electron chi connectivity index (χ4n) is 6.82. The first-order valence-corrected chi connectivity index (χ1v) is 11.7. The van der Waals surface area contributed by atoms with Gasteiger partial charge in [-0.15, -0.1) is 12.3 Å². The lowest BCUT2D eigenvalue weighted by Gasteiger charge is -2.52. The normalized spacial score (nSPS) is 33.1. The van der Waals surface area contributed by atoms with Crippen LogP contribution in [0.2, 0.25) is 0 Å². The van der Waals surface area contributed by atoms with Gasteiger partial charge in [0.2, 0.25) is 0 Å². The van der Waals surface area contributed by atoms with Gasteiger partial charge >= 0.3 is 0 Å². The van der Waals surface area contributed by atoms with Crippen LogP contribution < -0.4 is 4.74 Å². The smallest absolute Gasteiger partial charge is 0.165 e. The maximum atomic E-state index is 14.1. The number of carbonyl (C=O) groups is 1. The van der Waals surface area contributed by atoms with E-state index in [2.05, 4.69) is 19.3 Å². The molecule has 4 heteroatoms. The number of aliphatic hydroxyl groups excluding tert-OH is 1. The van der Waals surface area contributed by atoms with Gasteiger partial charge in [-0.25, -0.2) is 4.39 Å². The van der Waals surface area contributed by atoms with E-state index in [1.165, 1.54) is 29.9 Å². The van der Waals surface area contributed by atoms with Crippen LogP contribution in [0.3, 0.4) is 0 Å². The molecule has 3 nitrogen and oxygen atoms in total. The molecule has 5 unspecified atom stereocenters. The molecule has 170 valence electrons. The Morgan fingerprint density at radius 2 is 1.97 bits per heavy atom. The molecule has 4 aliphatic rings. The molecule has 5 rings (SSSR count). The molecule has 1 aromatic carbocycles. The number of halogens is 1. The summed E-state index contributed by atoms with van der Waals surface area (Å²) in [4.78, 5) is 12.0. The summed E-state index contributed by atoms with van der Waals surface area (Å²) in [5.41, 5.74) is 4.99. The van der Waals surface area contributed by atoms with Crippen LogP contribution in [0.5, 0.6) is 5.75 Å². The first-order chi connectivity index (χ1) is 15.3. The van der Waals surface area contributed by atoms with E-state index in [4.69, 9.17) is 4.74 Å². The Hall–Kier alpha value is -2.38. The van der Waals surface area contributed by atoms with Gasteiger partial charge in [0.15, 0.2) is 17.3 Å². The fraction of sp³-hybridized carbons (Fsp3) is 0.536. The molecular formula is C28H33FO3. The van der Waals surface area contributed by atoms with Gasteiger partial charge in [-0.3, -0.25) is 4.79 Å². The molecule has 5 atom stereocenters. The lowest BCUT2D eigenvalue weighted by molar-refractivity contribution is -0.114. The molecule has 2 saturated carbocycles. The molecule has 0 aromatic heterocycles. The molecule has 2 fully saturated rings. The van der Waals surface area contributed by atoms with Gasteiger partial charge in [0.1, 0.15) is 0 Å². The Morgan fingerprint density at radius 1 is 1.22 bits per heavy atom. The monoisotopic (exact) mass is 436 g/mol. The van der Waals surface area contributed by atoms with Gasteiger partial charge in [0.05, 0.1) is 13.2 Å². The summed E-state index contributed by atoms with van der Waals surface area (Å²) in [7, 11) is 1.50. The van der Waals surface area contributed by atoms with Gasteiger partial charge in [-0.2, -0.15) is 0 Å². The van der Waals surface area contributed by atoms with Crippen molar-refractivity contribution in [2.24, 2.45) is 17.3 Å². The van der Waals surface area contributed by atoms with Crippen LogP contribution in [0.25, 0.3) is 0 Å². The Labute approximate surface area is 190 Å². The number of methoxy groups -OCH3 is 1. The summed E-state index contributed by atoms with van der Waals surface area (Å²) in [6.07, 6.45) is 12.4. The Bertz CT molecular complexity index is 1010. The minimum absolute atomic E-state index is 0.118. The highest BCUT2D eigenvalue weighted by Crippen LogP contribution is 2.63. The molecule has 1 aromatic rings. The zero-order valence-electron chi connectivity index (χ0n) is 19.3. The molecule has 0 bridgehead atoms. The van der Waals surface area contributed by atoms with Crippen molar-refractivity contribution in [1.82, 2.24) is 0 Å². The van der Waals surface area contributed by atoms with Crippen molar-refractivity contribution in [1.29, 1.82) is 0 Å². The Kier molecular flexibility index (Phi) is 6.32. The summed E-state index contributed by atoms with van der Waals surface area (Å²) < 4.78 is 19.4. The third kappa shape index (κ3) is 3.71. The predicted molar refractivity (Wildman–Crippen MR) is 124 cm³/mol. The molecule has 0 spiro atoms. The molecule has 0 heterocycles. The Balaban J connectivity index is 0.000000775. The number of ether oxygens (including phenoxy) is 1. The molecule has 1 N–H and O–H groups in total. The van der Waals surface area contributed by atoms with Crippen LogP contribution in [-0.2, 0) is 4.79 Å². The van der Waals surface area contributed by atoms with Crippen LogP contribution >= 0.6 is 0 Å². The van der Waals surface area contributed by atoms with Gasteiger partial charge in [0, 0.05) is 12.3 Å². The third-order valence-electron chi connectivity index (χ3n) is 8.26. The number of hydrogen-bond donors (Lipinski definition) is 1. The highest BCUT2D eigenvalue weighted by atomic mass is 19.1. The second-order valence-corrected chi connectivity index (χ2v) is 9.86. The van der Waals surface area contributed by atoms with E-state index in [9.17, 15) is 14.3 Å². The van der Waals surface area contributed by atoms with E-state index in [-0.39, 0.29) is 34.8 Å². The van der Waals surface area contributed by atoms with Crippen molar-refractivity contribution < 1.29 is 19.0 Å². The van der Waals surface area contributed by atoms with Gasteiger partial charge in [0.25, 0.3) is 0 Å². The van der Waals surface area contributed by atoms with Gasteiger partial charge in [-0.05, 0) is 97.6 Å². The van der Waals surface area contributed by atoms with Crippen LogP contribution in [0.1, 0.15) is 70.3 Å². The zero-order chi connectivity index (χ0) is 23.0. The lowest BCUT2D eigenvalue weighted by Crippen LogP contribution is -2.45. The van der Waals surface area contributed by atoms with E-state index in [0.717, 1.165) is 44.1 Å². The predicted octanol–water partition coefficient (Wildman–Crippen LogP) is 5.73. The quantitative estimate of drug-likeness (QED) is 0.602. The van der Waals surface area contributed by atoms with Crippen molar-refractivity contribution in [2.75, 3.05) is 7.11 Å². The largest absolute Gasteiger partial charge is 0.494 e. The first kappa shape index (κ1) is 22.8. The van der Waals surface area contributed by atoms with Crippen molar-refractivity contribution in [3.8, 4) is 18.1 Å². The lowest BCUT2D eigenvalue weighted by atomic mass is 9.53. The highest BCUT2D eigenvalue weighted by molar-refractivity contribution is 5.93. The molecule has 0 aliphatic heterocycles. The molecule has 0 saturated heterocycles. The second-order valence-electron chi connectivity index (χ2n) is 9.86. The van der Waals surface area contributed by atoms with Crippen LogP contribution in [-0.4, -0.2) is 24.1 Å². The number of hydrogen-bond acceptors (Lipinski definition) is 3. The SMILES string of the molecule is C#CC.COc1cc(C2CC3(C)C(O)CCC3C3CCC4=CC(=O)CCC4=C23)ccc1F. The van der Waals surface area contributed by atoms with E-state index in [1.54, 1.807) is 6.92 Å². The number of fused-ring (bicyclic) bond motifs is 4. The molecular weight excluding hydrogens is 403 g/mol. The fourth-order valence-corrected chi connectivity index (χ4v) is 6.82. The number of rotatable bonds is 2. The van der Waals surface area contributed by atoms with Gasteiger partial charge < -0.3 is 9.84 Å². The van der Waals surface area contributed by atoms with Crippen molar-refractivity contribution in [2.45, 2.75) is 70.8 Å². The number of aliphatic hydroxyl groups is 1. The maximum Gasteiger partial charge on any atom is 0.165 e. The molecule has 0 amide bonds. The minimum Gasteiger partial charge on any atom is -0.494 e. The summed E-state index contributed by atoms with van der Waals surface area (Å²) in [6, 6.07) is 5.21. The molecule has 0 radical (unpaired) electrons. The second kappa shape index (κ2) is 8.87. The Morgan fingerprint density at radius 3 is 2.69 bits per heavy atom. The van der Waals surface area contributed by atoms with Gasteiger partial charge in [-0.1, -0.05) is 18.6 Å². The van der Waals surface area contributed by atoms with Crippen molar-refractivity contribution in [3.05, 3.63) is 52.4 Å². The summed E-state index contributed by atoms with van der Waals surface area (Å²) in [6.45, 7) is 3.90. The summed E-state index contributed by atoms with van der Waals surface area (Å²) in [5, 5.41) is 10.9. The maximum absolute atomic E-state index is 14.1. The van der Waals surface area contributed by atoms with E-state index >= 15 is 0 Å². The molecule has 32 heavy (non-hydrogen) atoms. The topological polar surface area (TPSA) is 46.5 Å². The zero-order valence-corrected chi connectivity index (χ0v) is 19.3. The number of terminal acetylenes is 1. The number of carbonyl (C=O) groups excluding carboxylic acids is 1. The number of ketones is 1. The average molecular weight is 437 g/mol. The number of allylic oxidation sites excluding steroid dienone is 4. The summed E-state index contributed by atoms with van der Waals surface area (Å²) >= 11 is 0. The molecule has 4 aliphatic carbocycles.